The second kappa shape index (κ2) is 7.68. The standard InChI is InChI=1S/C13H21N3O2/c1-16(9-5-8-14)10-13(17)15-11-6-3-4-7-12(11)18-2/h3-4,6-7H,5,8-10,14H2,1-2H3,(H,15,17). The van der Waals surface area contributed by atoms with Crippen molar-refractivity contribution in [3.63, 3.8) is 0 Å². The van der Waals surface area contributed by atoms with E-state index in [9.17, 15) is 4.79 Å². The average molecular weight is 251 g/mol. The molecule has 0 spiro atoms. The Kier molecular flexibility index (Phi) is 6.18. The van der Waals surface area contributed by atoms with Crippen molar-refractivity contribution in [2.24, 2.45) is 5.73 Å². The Balaban J connectivity index is 2.49. The van der Waals surface area contributed by atoms with Crippen LogP contribution in [0.1, 0.15) is 6.42 Å². The van der Waals surface area contributed by atoms with Crippen molar-refractivity contribution < 1.29 is 9.53 Å². The third kappa shape index (κ3) is 4.73. The molecule has 0 atom stereocenters. The fraction of sp³-hybridized carbons (Fsp3) is 0.462. The Bertz CT molecular complexity index is 382. The van der Waals surface area contributed by atoms with Crippen LogP contribution in [0.5, 0.6) is 5.75 Å². The minimum Gasteiger partial charge on any atom is -0.495 e. The van der Waals surface area contributed by atoms with Gasteiger partial charge in [-0.25, -0.2) is 0 Å². The van der Waals surface area contributed by atoms with Gasteiger partial charge in [0.05, 0.1) is 19.3 Å². The van der Waals surface area contributed by atoms with Crippen LogP contribution in [-0.4, -0.2) is 44.6 Å². The molecule has 0 radical (unpaired) electrons. The van der Waals surface area contributed by atoms with Gasteiger partial charge in [0, 0.05) is 0 Å². The zero-order valence-electron chi connectivity index (χ0n) is 11.0. The first-order chi connectivity index (χ1) is 8.67. The van der Waals surface area contributed by atoms with Crippen molar-refractivity contribution >= 4 is 11.6 Å². The quantitative estimate of drug-likeness (QED) is 0.756. The predicted molar refractivity (Wildman–Crippen MR) is 72.8 cm³/mol. The summed E-state index contributed by atoms with van der Waals surface area (Å²) >= 11 is 0. The number of anilines is 1. The summed E-state index contributed by atoms with van der Waals surface area (Å²) < 4.78 is 5.17. The normalized spacial score (nSPS) is 10.4. The van der Waals surface area contributed by atoms with Gasteiger partial charge in [-0.15, -0.1) is 0 Å². The van der Waals surface area contributed by atoms with Crippen molar-refractivity contribution in [2.45, 2.75) is 6.42 Å². The lowest BCUT2D eigenvalue weighted by Gasteiger charge is -2.16. The Morgan fingerprint density at radius 3 is 2.83 bits per heavy atom. The Morgan fingerprint density at radius 1 is 1.44 bits per heavy atom. The lowest BCUT2D eigenvalue weighted by molar-refractivity contribution is -0.117. The van der Waals surface area contributed by atoms with Crippen LogP contribution < -0.4 is 15.8 Å². The van der Waals surface area contributed by atoms with Crippen LogP contribution >= 0.6 is 0 Å². The average Bonchev–Trinajstić information content (AvgIpc) is 2.36. The molecule has 1 rings (SSSR count). The molecule has 0 saturated heterocycles. The van der Waals surface area contributed by atoms with Gasteiger partial charge in [0.2, 0.25) is 5.91 Å². The van der Waals surface area contributed by atoms with E-state index in [1.165, 1.54) is 0 Å². The number of amides is 1. The van der Waals surface area contributed by atoms with Crippen molar-refractivity contribution in [3.8, 4) is 5.75 Å². The van der Waals surface area contributed by atoms with E-state index in [1.54, 1.807) is 7.11 Å². The van der Waals surface area contributed by atoms with Gasteiger partial charge in [-0.05, 0) is 38.7 Å². The molecule has 100 valence electrons. The first-order valence-electron chi connectivity index (χ1n) is 5.99. The summed E-state index contributed by atoms with van der Waals surface area (Å²) in [6.07, 6.45) is 0.887. The van der Waals surface area contributed by atoms with E-state index in [2.05, 4.69) is 5.32 Å². The molecular weight excluding hydrogens is 230 g/mol. The van der Waals surface area contributed by atoms with Gasteiger partial charge in [-0.3, -0.25) is 9.69 Å². The summed E-state index contributed by atoms with van der Waals surface area (Å²) in [5.74, 6) is 0.606. The van der Waals surface area contributed by atoms with Crippen molar-refractivity contribution in [2.75, 3.05) is 39.1 Å². The topological polar surface area (TPSA) is 67.6 Å². The van der Waals surface area contributed by atoms with Gasteiger partial charge >= 0.3 is 0 Å². The third-order valence-corrected chi connectivity index (χ3v) is 2.54. The predicted octanol–water partition coefficient (Wildman–Crippen LogP) is 0.914. The molecular formula is C13H21N3O2. The SMILES string of the molecule is COc1ccccc1NC(=O)CN(C)CCCN. The van der Waals surface area contributed by atoms with Crippen LogP contribution in [0.25, 0.3) is 0 Å². The van der Waals surface area contributed by atoms with Gasteiger partial charge < -0.3 is 15.8 Å². The van der Waals surface area contributed by atoms with Crippen LogP contribution in [0.15, 0.2) is 24.3 Å². The van der Waals surface area contributed by atoms with Crippen molar-refractivity contribution in [3.05, 3.63) is 24.3 Å². The molecule has 0 bridgehead atoms. The lowest BCUT2D eigenvalue weighted by atomic mass is 10.3. The van der Waals surface area contributed by atoms with E-state index in [0.29, 0.717) is 24.5 Å². The zero-order chi connectivity index (χ0) is 13.4. The molecule has 1 amide bonds. The Hall–Kier alpha value is -1.59. The van der Waals surface area contributed by atoms with Crippen LogP contribution in [0, 0.1) is 0 Å². The molecule has 18 heavy (non-hydrogen) atoms. The van der Waals surface area contributed by atoms with Crippen LogP contribution in [0.4, 0.5) is 5.69 Å². The molecule has 5 heteroatoms. The number of para-hydroxylation sites is 2. The maximum atomic E-state index is 11.8. The second-order valence-electron chi connectivity index (χ2n) is 4.13. The number of likely N-dealkylation sites (N-methyl/N-ethyl adjacent to an activating group) is 1. The van der Waals surface area contributed by atoms with E-state index in [-0.39, 0.29) is 5.91 Å². The maximum Gasteiger partial charge on any atom is 0.238 e. The number of nitrogens with two attached hydrogens (primary N) is 1. The molecule has 0 aromatic heterocycles. The molecule has 1 aromatic carbocycles. The highest BCUT2D eigenvalue weighted by atomic mass is 16.5. The van der Waals surface area contributed by atoms with Crippen LogP contribution in [0.3, 0.4) is 0 Å². The summed E-state index contributed by atoms with van der Waals surface area (Å²) in [7, 11) is 3.48. The van der Waals surface area contributed by atoms with Gasteiger partial charge in [-0.2, -0.15) is 0 Å². The smallest absolute Gasteiger partial charge is 0.238 e. The van der Waals surface area contributed by atoms with Crippen molar-refractivity contribution in [1.82, 2.24) is 4.90 Å². The molecule has 3 N–H and O–H groups in total. The molecule has 0 saturated carbocycles. The summed E-state index contributed by atoms with van der Waals surface area (Å²) in [4.78, 5) is 13.8. The summed E-state index contributed by atoms with van der Waals surface area (Å²) in [5, 5.41) is 2.83. The highest BCUT2D eigenvalue weighted by molar-refractivity contribution is 5.93. The van der Waals surface area contributed by atoms with Gasteiger partial charge in [-0.1, -0.05) is 12.1 Å². The molecule has 0 heterocycles. The highest BCUT2D eigenvalue weighted by Gasteiger charge is 2.09. The number of hydrogen-bond acceptors (Lipinski definition) is 4. The van der Waals surface area contributed by atoms with E-state index in [1.807, 2.05) is 36.2 Å². The summed E-state index contributed by atoms with van der Waals surface area (Å²) in [6, 6.07) is 7.35. The third-order valence-electron chi connectivity index (χ3n) is 2.54. The molecule has 0 unspecified atom stereocenters. The number of ether oxygens (including phenoxy) is 1. The van der Waals surface area contributed by atoms with Crippen molar-refractivity contribution in [1.29, 1.82) is 0 Å². The number of carbonyl (C=O) groups is 1. The number of methoxy groups -OCH3 is 1. The van der Waals surface area contributed by atoms with E-state index in [0.717, 1.165) is 13.0 Å². The van der Waals surface area contributed by atoms with Crippen LogP contribution in [0.2, 0.25) is 0 Å². The highest BCUT2D eigenvalue weighted by Crippen LogP contribution is 2.22. The minimum atomic E-state index is -0.0565. The largest absolute Gasteiger partial charge is 0.495 e. The van der Waals surface area contributed by atoms with Crippen LogP contribution in [-0.2, 0) is 4.79 Å². The molecule has 0 fully saturated rings. The maximum absolute atomic E-state index is 11.8. The molecule has 0 aliphatic carbocycles. The number of carbonyl (C=O) groups excluding carboxylic acids is 1. The molecule has 0 aliphatic rings. The first-order valence-corrected chi connectivity index (χ1v) is 5.99. The fourth-order valence-corrected chi connectivity index (χ4v) is 1.62. The monoisotopic (exact) mass is 251 g/mol. The van der Waals surface area contributed by atoms with E-state index >= 15 is 0 Å². The van der Waals surface area contributed by atoms with E-state index < -0.39 is 0 Å². The minimum absolute atomic E-state index is 0.0565. The fourth-order valence-electron chi connectivity index (χ4n) is 1.62. The molecule has 5 nitrogen and oxygen atoms in total. The Morgan fingerprint density at radius 2 is 2.17 bits per heavy atom. The number of nitrogens with one attached hydrogen (secondary N) is 1. The van der Waals surface area contributed by atoms with Gasteiger partial charge in [0.25, 0.3) is 0 Å². The number of nitrogens with zero attached hydrogens (tertiary/aromatic N) is 1. The number of benzene rings is 1. The summed E-state index contributed by atoms with van der Waals surface area (Å²) in [5.41, 5.74) is 6.12. The Labute approximate surface area is 108 Å². The van der Waals surface area contributed by atoms with E-state index in [4.69, 9.17) is 10.5 Å². The number of hydrogen-bond donors (Lipinski definition) is 2. The first kappa shape index (κ1) is 14.5. The molecule has 0 aliphatic heterocycles. The lowest BCUT2D eigenvalue weighted by Crippen LogP contribution is -2.31. The van der Waals surface area contributed by atoms with Gasteiger partial charge in [0.15, 0.2) is 0 Å². The second-order valence-corrected chi connectivity index (χ2v) is 4.13. The molecule has 1 aromatic rings. The number of rotatable bonds is 7. The summed E-state index contributed by atoms with van der Waals surface area (Å²) in [6.45, 7) is 1.80. The zero-order valence-corrected chi connectivity index (χ0v) is 11.0. The van der Waals surface area contributed by atoms with Gasteiger partial charge in [0.1, 0.15) is 5.75 Å².